The van der Waals surface area contributed by atoms with Gasteiger partial charge in [0.15, 0.2) is 15.0 Å². The van der Waals surface area contributed by atoms with E-state index in [1.54, 1.807) is 17.5 Å². The van der Waals surface area contributed by atoms with E-state index in [-0.39, 0.29) is 10.8 Å². The van der Waals surface area contributed by atoms with Crippen LogP contribution in [-0.4, -0.2) is 32.1 Å². The lowest BCUT2D eigenvalue weighted by Crippen LogP contribution is -2.25. The molecule has 6 nitrogen and oxygen atoms in total. The summed E-state index contributed by atoms with van der Waals surface area (Å²) < 4.78 is 23.0. The van der Waals surface area contributed by atoms with Crippen LogP contribution in [0.15, 0.2) is 58.8 Å². The number of nitrogens with one attached hydrogen (secondary N) is 2. The molecule has 0 unspecified atom stereocenters. The normalized spacial score (nSPS) is 11.2. The summed E-state index contributed by atoms with van der Waals surface area (Å²) in [6.07, 6.45) is 1.86. The third kappa shape index (κ3) is 5.54. The molecule has 0 spiro atoms. The lowest BCUT2D eigenvalue weighted by atomic mass is 10.1. The lowest BCUT2D eigenvalue weighted by molar-refractivity contribution is 0.0950. The van der Waals surface area contributed by atoms with Gasteiger partial charge in [-0.25, -0.2) is 13.4 Å². The molecule has 3 aromatic rings. The maximum atomic E-state index is 12.2. The Kier molecular flexibility index (Phi) is 6.33. The van der Waals surface area contributed by atoms with Gasteiger partial charge in [0.25, 0.3) is 5.91 Å². The van der Waals surface area contributed by atoms with Crippen LogP contribution in [0.5, 0.6) is 0 Å². The van der Waals surface area contributed by atoms with Crippen molar-refractivity contribution in [2.24, 2.45) is 0 Å². The number of carbonyl (C=O) groups excluding carboxylic acids is 1. The van der Waals surface area contributed by atoms with E-state index in [1.807, 2.05) is 24.3 Å². The van der Waals surface area contributed by atoms with E-state index in [0.29, 0.717) is 34.5 Å². The largest absolute Gasteiger partial charge is 0.350 e. The van der Waals surface area contributed by atoms with Crippen LogP contribution in [0.25, 0.3) is 0 Å². The van der Waals surface area contributed by atoms with Gasteiger partial charge in [-0.3, -0.25) is 4.79 Å². The number of rotatable bonds is 7. The predicted molar refractivity (Wildman–Crippen MR) is 112 cm³/mol. The van der Waals surface area contributed by atoms with Gasteiger partial charge >= 0.3 is 0 Å². The number of benzene rings is 2. The highest BCUT2D eigenvalue weighted by molar-refractivity contribution is 7.90. The molecule has 9 heteroatoms. The highest BCUT2D eigenvalue weighted by Gasteiger charge is 2.11. The van der Waals surface area contributed by atoms with E-state index < -0.39 is 9.84 Å². The van der Waals surface area contributed by atoms with E-state index >= 15 is 0 Å². The van der Waals surface area contributed by atoms with E-state index in [1.165, 1.54) is 23.5 Å². The van der Waals surface area contributed by atoms with Gasteiger partial charge in [0.1, 0.15) is 5.69 Å². The third-order valence-electron chi connectivity index (χ3n) is 3.88. The first-order valence-corrected chi connectivity index (χ1v) is 11.5. The molecule has 1 aromatic heterocycles. The molecule has 28 heavy (non-hydrogen) atoms. The number of hydrogen-bond acceptors (Lipinski definition) is 6. The summed E-state index contributed by atoms with van der Waals surface area (Å²) in [5, 5.41) is 8.81. The molecule has 1 amide bonds. The van der Waals surface area contributed by atoms with E-state index in [2.05, 4.69) is 15.6 Å². The quantitative estimate of drug-likeness (QED) is 0.587. The summed E-state index contributed by atoms with van der Waals surface area (Å²) in [7, 11) is -3.23. The molecule has 146 valence electrons. The van der Waals surface area contributed by atoms with Gasteiger partial charge in [0, 0.05) is 28.9 Å². The van der Waals surface area contributed by atoms with Crippen molar-refractivity contribution in [3.05, 3.63) is 70.2 Å². The number of aromatic nitrogens is 1. The fraction of sp³-hybridized carbons (Fsp3) is 0.158. The molecule has 0 atom stereocenters. The molecule has 0 radical (unpaired) electrons. The molecule has 2 aromatic carbocycles. The summed E-state index contributed by atoms with van der Waals surface area (Å²) in [6.45, 7) is 0.494. The van der Waals surface area contributed by atoms with Crippen LogP contribution < -0.4 is 10.6 Å². The van der Waals surface area contributed by atoms with Crippen LogP contribution in [0.3, 0.4) is 0 Å². The van der Waals surface area contributed by atoms with Crippen molar-refractivity contribution >= 4 is 49.5 Å². The molecule has 0 saturated carbocycles. The minimum atomic E-state index is -3.23. The molecule has 0 bridgehead atoms. The Morgan fingerprint density at radius 1 is 1.11 bits per heavy atom. The molecule has 3 rings (SSSR count). The summed E-state index contributed by atoms with van der Waals surface area (Å²) >= 11 is 7.15. The number of hydrogen-bond donors (Lipinski definition) is 2. The lowest BCUT2D eigenvalue weighted by Gasteiger charge is -2.05. The van der Waals surface area contributed by atoms with Crippen LogP contribution >= 0.6 is 22.9 Å². The van der Waals surface area contributed by atoms with Crippen LogP contribution in [-0.2, 0) is 16.3 Å². The first kappa shape index (κ1) is 20.3. The smallest absolute Gasteiger partial charge is 0.270 e. The SMILES string of the molecule is CS(=O)(=O)c1ccc(Nc2nc(C(=O)NCCc3ccc(Cl)cc3)cs2)cc1. The number of sulfone groups is 1. The molecule has 0 saturated heterocycles. The molecule has 0 fully saturated rings. The zero-order valence-corrected chi connectivity index (χ0v) is 17.4. The highest BCUT2D eigenvalue weighted by atomic mass is 35.5. The fourth-order valence-corrected chi connectivity index (χ4v) is 3.87. The minimum absolute atomic E-state index is 0.245. The molecule has 0 aliphatic rings. The number of nitrogens with zero attached hydrogens (tertiary/aromatic N) is 1. The fourth-order valence-electron chi connectivity index (χ4n) is 2.41. The van der Waals surface area contributed by atoms with E-state index in [4.69, 9.17) is 11.6 Å². The summed E-state index contributed by atoms with van der Waals surface area (Å²) in [5.74, 6) is -0.245. The summed E-state index contributed by atoms with van der Waals surface area (Å²) in [5.41, 5.74) is 2.11. The van der Waals surface area contributed by atoms with Gasteiger partial charge in [0.2, 0.25) is 0 Å². The Bertz CT molecular complexity index is 1060. The molecular formula is C19H18ClN3O3S2. The number of halogens is 1. The van der Waals surface area contributed by atoms with Gasteiger partial charge in [-0.2, -0.15) is 0 Å². The second-order valence-electron chi connectivity index (χ2n) is 6.09. The van der Waals surface area contributed by atoms with Crippen molar-refractivity contribution in [3.63, 3.8) is 0 Å². The Hall–Kier alpha value is -2.42. The van der Waals surface area contributed by atoms with Crippen molar-refractivity contribution in [1.29, 1.82) is 0 Å². The van der Waals surface area contributed by atoms with Crippen molar-refractivity contribution in [1.82, 2.24) is 10.3 Å². The van der Waals surface area contributed by atoms with Gasteiger partial charge in [-0.15, -0.1) is 11.3 Å². The highest BCUT2D eigenvalue weighted by Crippen LogP contribution is 2.22. The van der Waals surface area contributed by atoms with Gasteiger partial charge in [0.05, 0.1) is 4.90 Å². The number of carbonyl (C=O) groups is 1. The molecule has 0 aliphatic carbocycles. The maximum Gasteiger partial charge on any atom is 0.270 e. The van der Waals surface area contributed by atoms with Crippen LogP contribution in [0.1, 0.15) is 16.1 Å². The Labute approximate surface area is 172 Å². The molecule has 2 N–H and O–H groups in total. The van der Waals surface area contributed by atoms with Crippen LogP contribution in [0.4, 0.5) is 10.8 Å². The molecule has 1 heterocycles. The Balaban J connectivity index is 1.54. The maximum absolute atomic E-state index is 12.2. The van der Waals surface area contributed by atoms with Gasteiger partial charge in [-0.1, -0.05) is 23.7 Å². The standard InChI is InChI=1S/C19H18ClN3O3S2/c1-28(25,26)16-8-6-15(7-9-16)22-19-23-17(12-27-19)18(24)21-11-10-13-2-4-14(20)5-3-13/h2-9,12H,10-11H2,1H3,(H,21,24)(H,22,23). The Morgan fingerprint density at radius 2 is 1.79 bits per heavy atom. The van der Waals surface area contributed by atoms with Gasteiger partial charge < -0.3 is 10.6 Å². The van der Waals surface area contributed by atoms with Crippen LogP contribution in [0, 0.1) is 0 Å². The molecular weight excluding hydrogens is 418 g/mol. The second-order valence-corrected chi connectivity index (χ2v) is 9.40. The zero-order valence-electron chi connectivity index (χ0n) is 15.0. The van der Waals surface area contributed by atoms with E-state index in [0.717, 1.165) is 11.8 Å². The van der Waals surface area contributed by atoms with E-state index in [9.17, 15) is 13.2 Å². The first-order chi connectivity index (χ1) is 13.3. The first-order valence-electron chi connectivity index (χ1n) is 8.36. The summed E-state index contributed by atoms with van der Waals surface area (Å²) in [4.78, 5) is 16.7. The van der Waals surface area contributed by atoms with Crippen LogP contribution in [0.2, 0.25) is 5.02 Å². The van der Waals surface area contributed by atoms with Crippen molar-refractivity contribution in [3.8, 4) is 0 Å². The average Bonchev–Trinajstić information content (AvgIpc) is 3.11. The van der Waals surface area contributed by atoms with Crippen molar-refractivity contribution < 1.29 is 13.2 Å². The Morgan fingerprint density at radius 3 is 2.43 bits per heavy atom. The number of amides is 1. The average molecular weight is 436 g/mol. The van der Waals surface area contributed by atoms with Gasteiger partial charge in [-0.05, 0) is 48.4 Å². The molecule has 0 aliphatic heterocycles. The predicted octanol–water partition coefficient (Wildman–Crippen LogP) is 3.92. The van der Waals surface area contributed by atoms with Crippen molar-refractivity contribution in [2.75, 3.05) is 18.1 Å². The number of thiazole rings is 1. The minimum Gasteiger partial charge on any atom is -0.350 e. The third-order valence-corrected chi connectivity index (χ3v) is 6.02. The number of anilines is 2. The summed E-state index contributed by atoms with van der Waals surface area (Å²) in [6, 6.07) is 13.8. The monoisotopic (exact) mass is 435 g/mol. The second kappa shape index (κ2) is 8.72. The topological polar surface area (TPSA) is 88.2 Å². The zero-order chi connectivity index (χ0) is 20.1. The van der Waals surface area contributed by atoms with Crippen molar-refractivity contribution in [2.45, 2.75) is 11.3 Å².